The molecule has 1 aliphatic rings. The molecule has 1 aliphatic heterocycles. The zero-order valence-corrected chi connectivity index (χ0v) is 36.9. The van der Waals surface area contributed by atoms with E-state index in [0.29, 0.717) is 29.7 Å². The summed E-state index contributed by atoms with van der Waals surface area (Å²) in [5.41, 5.74) is 0. The number of hydrogen-bond acceptors (Lipinski definition) is 8. The first-order valence-corrected chi connectivity index (χ1v) is 23.3. The Morgan fingerprint density at radius 3 is 1.79 bits per heavy atom. The minimum Gasteiger partial charge on any atom is -0.756 e. The van der Waals surface area contributed by atoms with E-state index >= 15 is 0 Å². The van der Waals surface area contributed by atoms with Gasteiger partial charge < -0.3 is 32.6 Å². The molecule has 0 amide bonds. The molecule has 0 saturated carbocycles. The molecule has 1 saturated heterocycles. The van der Waals surface area contributed by atoms with E-state index < -0.39 is 19.9 Å². The molecule has 0 aliphatic carbocycles. The molecule has 10 heteroatoms. The summed E-state index contributed by atoms with van der Waals surface area (Å²) in [5.74, 6) is -0.442. The molecule has 0 aromatic carbocycles. The van der Waals surface area contributed by atoms with Crippen molar-refractivity contribution in [2.45, 2.75) is 167 Å². The van der Waals surface area contributed by atoms with Crippen LogP contribution in [0.5, 0.6) is 0 Å². The number of ether oxygens (including phenoxy) is 3. The number of quaternary nitrogens is 1. The van der Waals surface area contributed by atoms with E-state index in [1.165, 1.54) is 70.6 Å². The molecule has 322 valence electrons. The number of phosphoric ester groups is 1. The number of carbonyl (C=O) groups excluding carboxylic acids is 1. The lowest BCUT2D eigenvalue weighted by atomic mass is 10.0. The molecule has 0 radical (unpaired) electrons. The Morgan fingerprint density at radius 1 is 0.679 bits per heavy atom. The maximum atomic E-state index is 12.6. The van der Waals surface area contributed by atoms with Crippen LogP contribution in [0.2, 0.25) is 0 Å². The Kier molecular flexibility index (Phi) is 32.1. The van der Waals surface area contributed by atoms with Gasteiger partial charge in [0.1, 0.15) is 19.8 Å². The van der Waals surface area contributed by atoms with Crippen molar-refractivity contribution in [1.29, 1.82) is 0 Å². The lowest BCUT2D eigenvalue weighted by Gasteiger charge is -2.28. The smallest absolute Gasteiger partial charge is 0.306 e. The maximum absolute atomic E-state index is 12.6. The predicted molar refractivity (Wildman–Crippen MR) is 230 cm³/mol. The van der Waals surface area contributed by atoms with Crippen LogP contribution in [0.15, 0.2) is 73.1 Å². The summed E-state index contributed by atoms with van der Waals surface area (Å²) in [6.45, 7) is 4.51. The first-order valence-electron chi connectivity index (χ1n) is 21.8. The van der Waals surface area contributed by atoms with Crippen molar-refractivity contribution in [2.24, 2.45) is 0 Å². The Hall–Kier alpha value is -2.26. The van der Waals surface area contributed by atoms with Crippen LogP contribution in [0.4, 0.5) is 0 Å². The summed E-state index contributed by atoms with van der Waals surface area (Å²) in [5, 5.41) is 0. The zero-order valence-electron chi connectivity index (χ0n) is 36.0. The Bertz CT molecular complexity index is 1190. The number of hydrogen-bond donors (Lipinski definition) is 0. The van der Waals surface area contributed by atoms with Crippen molar-refractivity contribution >= 4 is 13.8 Å². The maximum Gasteiger partial charge on any atom is 0.306 e. The van der Waals surface area contributed by atoms with Crippen molar-refractivity contribution in [3.05, 3.63) is 73.1 Å². The number of esters is 1. The highest BCUT2D eigenvalue weighted by atomic mass is 31.2. The monoisotopic (exact) mass is 806 g/mol. The van der Waals surface area contributed by atoms with Crippen LogP contribution < -0.4 is 4.89 Å². The second kappa shape index (κ2) is 34.8. The van der Waals surface area contributed by atoms with Gasteiger partial charge in [-0.15, -0.1) is 0 Å². The van der Waals surface area contributed by atoms with Gasteiger partial charge in [-0.1, -0.05) is 145 Å². The largest absolute Gasteiger partial charge is 0.756 e. The van der Waals surface area contributed by atoms with E-state index in [-0.39, 0.29) is 26.2 Å². The third-order valence-electron chi connectivity index (χ3n) is 9.25. The number of epoxide rings is 1. The first-order chi connectivity index (χ1) is 27.1. The molecule has 4 atom stereocenters. The quantitative estimate of drug-likeness (QED) is 0.0115. The fraction of sp³-hybridized carbons (Fsp3) is 0.717. The third kappa shape index (κ3) is 34.9. The fourth-order valence-corrected chi connectivity index (χ4v) is 6.48. The van der Waals surface area contributed by atoms with Gasteiger partial charge in [-0.25, -0.2) is 0 Å². The Balaban J connectivity index is 2.31. The molecule has 1 rings (SSSR count). The SMILES string of the molecule is CC/C=C\CC1OC1C/C=C\C/C=C\C/C=C\C/C=C\CCC(=O)O[C@H](CO/C=C/CCCCCCCCCCCCCC)COP(=O)([O-])OCC[N+](C)(C)C. The van der Waals surface area contributed by atoms with Gasteiger partial charge in [0.15, 0.2) is 6.10 Å². The highest BCUT2D eigenvalue weighted by Gasteiger charge is 2.35. The summed E-state index contributed by atoms with van der Waals surface area (Å²) in [7, 11) is 1.26. The topological polar surface area (TPSA) is 107 Å². The van der Waals surface area contributed by atoms with Crippen LogP contribution in [-0.2, 0) is 32.6 Å². The fourth-order valence-electron chi connectivity index (χ4n) is 5.75. The number of allylic oxidation sites excluding steroid dienone is 9. The van der Waals surface area contributed by atoms with Crippen molar-refractivity contribution in [3.63, 3.8) is 0 Å². The normalized spacial score (nSPS) is 18.0. The van der Waals surface area contributed by atoms with Gasteiger partial charge in [0, 0.05) is 6.42 Å². The average molecular weight is 806 g/mol. The summed E-state index contributed by atoms with van der Waals surface area (Å²) < 4.78 is 39.9. The van der Waals surface area contributed by atoms with Gasteiger partial charge in [0.25, 0.3) is 7.82 Å². The molecule has 56 heavy (non-hydrogen) atoms. The van der Waals surface area contributed by atoms with E-state index in [4.69, 9.17) is 23.3 Å². The number of carbonyl (C=O) groups is 1. The molecule has 0 aromatic rings. The standard InChI is InChI=1S/C46H80NO8P/c1-6-8-10-11-12-13-14-15-18-21-24-27-30-34-39-51-41-43(42-53-56(49,50)52-40-38-47(3,4)5)54-46(48)37-33-29-26-23-20-17-16-19-22-25-28-32-36-45-44(55-45)35-31-9-7-2/h9,17,19-20,22,26,28-29,31-32,34,39,43-45H,6-8,10-16,18,21,23-25,27,30,33,35-38,40-42H2,1-5H3/b20-17-,22-19-,29-26-,31-9-,32-28-,39-34+/t43-,44?,45?/m1/s1. The summed E-state index contributed by atoms with van der Waals surface area (Å²) >= 11 is 0. The highest BCUT2D eigenvalue weighted by molar-refractivity contribution is 7.45. The number of phosphoric acid groups is 1. The van der Waals surface area contributed by atoms with E-state index in [1.54, 1.807) is 6.26 Å². The Morgan fingerprint density at radius 2 is 1.21 bits per heavy atom. The van der Waals surface area contributed by atoms with Crippen LogP contribution in [0.1, 0.15) is 149 Å². The highest BCUT2D eigenvalue weighted by Crippen LogP contribution is 2.38. The van der Waals surface area contributed by atoms with E-state index in [9.17, 15) is 14.3 Å². The van der Waals surface area contributed by atoms with Crippen molar-refractivity contribution in [1.82, 2.24) is 0 Å². The van der Waals surface area contributed by atoms with Crippen molar-refractivity contribution in [2.75, 3.05) is 47.5 Å². The van der Waals surface area contributed by atoms with E-state index in [2.05, 4.69) is 62.5 Å². The molecule has 0 aromatic heterocycles. The molecule has 1 fully saturated rings. The third-order valence-corrected chi connectivity index (χ3v) is 10.2. The number of unbranched alkanes of at least 4 members (excludes halogenated alkanes) is 12. The van der Waals surface area contributed by atoms with Gasteiger partial charge in [0.05, 0.1) is 46.2 Å². The number of likely N-dealkylation sites (N-methyl/N-ethyl adjacent to an activating group) is 1. The van der Waals surface area contributed by atoms with Gasteiger partial charge in [0.2, 0.25) is 0 Å². The summed E-state index contributed by atoms with van der Waals surface area (Å²) in [6.07, 6.45) is 47.8. The second-order valence-electron chi connectivity index (χ2n) is 15.8. The van der Waals surface area contributed by atoms with E-state index in [1.807, 2.05) is 39.4 Å². The van der Waals surface area contributed by atoms with E-state index in [0.717, 1.165) is 51.4 Å². The minimum atomic E-state index is -4.57. The molecule has 9 nitrogen and oxygen atoms in total. The molecule has 0 bridgehead atoms. The van der Waals surface area contributed by atoms with Gasteiger partial charge in [-0.05, 0) is 63.9 Å². The van der Waals surface area contributed by atoms with Crippen LogP contribution in [0.3, 0.4) is 0 Å². The first kappa shape index (κ1) is 51.8. The lowest BCUT2D eigenvalue weighted by Crippen LogP contribution is -2.37. The second-order valence-corrected chi connectivity index (χ2v) is 17.2. The number of rotatable bonds is 38. The molecular weight excluding hydrogens is 725 g/mol. The minimum absolute atomic E-state index is 0.00200. The average Bonchev–Trinajstić information content (AvgIpc) is 3.90. The van der Waals surface area contributed by atoms with Crippen LogP contribution in [0, 0.1) is 0 Å². The summed E-state index contributed by atoms with van der Waals surface area (Å²) in [6, 6.07) is 0. The van der Waals surface area contributed by atoms with Crippen molar-refractivity contribution < 1.29 is 42.0 Å². The van der Waals surface area contributed by atoms with Gasteiger partial charge in [-0.2, -0.15) is 0 Å². The zero-order chi connectivity index (χ0) is 41.0. The molecule has 0 spiro atoms. The van der Waals surface area contributed by atoms with Gasteiger partial charge in [-0.3, -0.25) is 9.36 Å². The van der Waals surface area contributed by atoms with Crippen LogP contribution in [0.25, 0.3) is 0 Å². The van der Waals surface area contributed by atoms with Gasteiger partial charge >= 0.3 is 5.97 Å². The molecule has 1 heterocycles. The molecule has 3 unspecified atom stereocenters. The summed E-state index contributed by atoms with van der Waals surface area (Å²) in [4.78, 5) is 25.0. The predicted octanol–water partition coefficient (Wildman–Crippen LogP) is 11.4. The molecular formula is C46H80NO8P. The number of nitrogens with zero attached hydrogens (tertiary/aromatic N) is 1. The van der Waals surface area contributed by atoms with Crippen molar-refractivity contribution in [3.8, 4) is 0 Å². The lowest BCUT2D eigenvalue weighted by molar-refractivity contribution is -0.870. The Labute approximate surface area is 342 Å². The van der Waals surface area contributed by atoms with Crippen LogP contribution in [-0.4, -0.2) is 76.3 Å². The van der Waals surface area contributed by atoms with Crippen LogP contribution >= 0.6 is 7.82 Å². The molecule has 0 N–H and O–H groups in total.